The quantitative estimate of drug-likeness (QED) is 0.787. The van der Waals surface area contributed by atoms with Crippen molar-refractivity contribution in [3.05, 3.63) is 22.7 Å². The maximum Gasteiger partial charge on any atom is 0.188 e. The number of benzene rings is 1. The highest BCUT2D eigenvalue weighted by Crippen LogP contribution is 2.36. The third kappa shape index (κ3) is 2.99. The average Bonchev–Trinajstić information content (AvgIpc) is 2.26. The lowest BCUT2D eigenvalue weighted by Gasteiger charge is -2.12. The molecule has 0 aliphatic heterocycles. The van der Waals surface area contributed by atoms with Crippen LogP contribution in [0.1, 0.15) is 5.56 Å². The lowest BCUT2D eigenvalue weighted by Crippen LogP contribution is -2.02. The number of ether oxygens (including phenoxy) is 3. The highest BCUT2D eigenvalue weighted by molar-refractivity contribution is 6.32. The van der Waals surface area contributed by atoms with E-state index in [-0.39, 0.29) is 13.4 Å². The second kappa shape index (κ2) is 5.80. The monoisotopic (exact) mass is 232 g/mol. The summed E-state index contributed by atoms with van der Waals surface area (Å²) >= 11 is 5.96. The van der Waals surface area contributed by atoms with Gasteiger partial charge in [-0.05, 0) is 17.7 Å². The Morgan fingerprint density at radius 3 is 2.60 bits per heavy atom. The Kier molecular flexibility index (Phi) is 4.68. The topological polar surface area (TPSA) is 47.9 Å². The summed E-state index contributed by atoms with van der Waals surface area (Å²) in [5, 5.41) is 9.35. The Hall–Kier alpha value is -0.970. The average molecular weight is 233 g/mol. The van der Waals surface area contributed by atoms with Gasteiger partial charge in [-0.15, -0.1) is 0 Å². The molecule has 0 aliphatic rings. The van der Waals surface area contributed by atoms with E-state index < -0.39 is 0 Å². The fraction of sp³-hybridized carbons (Fsp3) is 0.400. The van der Waals surface area contributed by atoms with Crippen LogP contribution in [0.3, 0.4) is 0 Å². The number of aliphatic hydroxyl groups is 1. The van der Waals surface area contributed by atoms with E-state index in [2.05, 4.69) is 0 Å². The van der Waals surface area contributed by atoms with Crippen LogP contribution in [0.2, 0.25) is 5.02 Å². The fourth-order valence-electron chi connectivity index (χ4n) is 1.12. The summed E-state index contributed by atoms with van der Waals surface area (Å²) in [6.07, 6.45) is 0. The summed E-state index contributed by atoms with van der Waals surface area (Å²) in [7, 11) is 3.02. The molecule has 0 heterocycles. The maximum absolute atomic E-state index is 8.97. The zero-order chi connectivity index (χ0) is 11.3. The summed E-state index contributed by atoms with van der Waals surface area (Å²) in [5.74, 6) is 0.891. The number of methoxy groups -OCH3 is 2. The second-order valence-corrected chi connectivity index (χ2v) is 3.23. The van der Waals surface area contributed by atoms with Gasteiger partial charge in [0.2, 0.25) is 0 Å². The van der Waals surface area contributed by atoms with Crippen molar-refractivity contribution in [3.8, 4) is 11.5 Å². The van der Waals surface area contributed by atoms with Gasteiger partial charge in [0.05, 0.1) is 18.7 Å². The third-order valence-corrected chi connectivity index (χ3v) is 2.07. The molecule has 1 aromatic carbocycles. The van der Waals surface area contributed by atoms with Gasteiger partial charge in [-0.1, -0.05) is 11.6 Å². The summed E-state index contributed by atoms with van der Waals surface area (Å²) < 4.78 is 15.1. The molecule has 0 amide bonds. The molecule has 0 unspecified atom stereocenters. The number of halogens is 1. The van der Waals surface area contributed by atoms with Crippen molar-refractivity contribution in [3.63, 3.8) is 0 Å². The molecule has 0 saturated carbocycles. The molecular weight excluding hydrogens is 220 g/mol. The van der Waals surface area contributed by atoms with Gasteiger partial charge in [0.1, 0.15) is 0 Å². The van der Waals surface area contributed by atoms with Gasteiger partial charge in [0.15, 0.2) is 18.3 Å². The van der Waals surface area contributed by atoms with Crippen LogP contribution in [0.25, 0.3) is 0 Å². The van der Waals surface area contributed by atoms with Crippen molar-refractivity contribution < 1.29 is 19.3 Å². The number of hydrogen-bond acceptors (Lipinski definition) is 4. The number of hydrogen-bond donors (Lipinski definition) is 1. The van der Waals surface area contributed by atoms with Crippen molar-refractivity contribution in [2.45, 2.75) is 6.61 Å². The van der Waals surface area contributed by atoms with Crippen LogP contribution in [0.5, 0.6) is 11.5 Å². The minimum absolute atomic E-state index is 0.0918. The third-order valence-electron chi connectivity index (χ3n) is 1.79. The van der Waals surface area contributed by atoms with Gasteiger partial charge < -0.3 is 19.3 Å². The van der Waals surface area contributed by atoms with Crippen LogP contribution in [-0.4, -0.2) is 26.1 Å². The van der Waals surface area contributed by atoms with Crippen LogP contribution in [0, 0.1) is 0 Å². The van der Waals surface area contributed by atoms with Crippen LogP contribution >= 0.6 is 11.6 Å². The Bertz CT molecular complexity index is 327. The Morgan fingerprint density at radius 2 is 2.07 bits per heavy atom. The lowest BCUT2D eigenvalue weighted by molar-refractivity contribution is 0.0492. The summed E-state index contributed by atoms with van der Waals surface area (Å²) in [6, 6.07) is 3.28. The van der Waals surface area contributed by atoms with Gasteiger partial charge in [-0.3, -0.25) is 0 Å². The van der Waals surface area contributed by atoms with Gasteiger partial charge in [0, 0.05) is 7.11 Å². The first kappa shape index (κ1) is 12.1. The van der Waals surface area contributed by atoms with E-state index in [1.165, 1.54) is 14.2 Å². The molecule has 5 heteroatoms. The molecule has 0 saturated heterocycles. The molecule has 1 N–H and O–H groups in total. The molecule has 84 valence electrons. The Balaban J connectivity index is 3.01. The van der Waals surface area contributed by atoms with Crippen LogP contribution in [-0.2, 0) is 11.3 Å². The van der Waals surface area contributed by atoms with E-state index >= 15 is 0 Å². The van der Waals surface area contributed by atoms with Gasteiger partial charge >= 0.3 is 0 Å². The second-order valence-electron chi connectivity index (χ2n) is 2.82. The number of aliphatic hydroxyl groups excluding tert-OH is 1. The summed E-state index contributed by atoms with van der Waals surface area (Å²) in [6.45, 7) is -0.00477. The molecule has 0 aromatic heterocycles. The van der Waals surface area contributed by atoms with Crippen molar-refractivity contribution in [2.75, 3.05) is 21.0 Å². The smallest absolute Gasteiger partial charge is 0.188 e. The molecule has 0 aliphatic carbocycles. The molecule has 4 nitrogen and oxygen atoms in total. The molecule has 15 heavy (non-hydrogen) atoms. The van der Waals surface area contributed by atoms with Gasteiger partial charge in [-0.2, -0.15) is 0 Å². The fourth-order valence-corrected chi connectivity index (χ4v) is 1.41. The zero-order valence-electron chi connectivity index (χ0n) is 8.62. The first-order valence-corrected chi connectivity index (χ1v) is 4.69. The molecule has 0 fully saturated rings. The molecule has 0 radical (unpaired) electrons. The molecule has 0 bridgehead atoms. The van der Waals surface area contributed by atoms with Crippen LogP contribution < -0.4 is 9.47 Å². The van der Waals surface area contributed by atoms with Crippen molar-refractivity contribution in [1.82, 2.24) is 0 Å². The van der Waals surface area contributed by atoms with Gasteiger partial charge in [0.25, 0.3) is 0 Å². The first-order valence-electron chi connectivity index (χ1n) is 4.32. The van der Waals surface area contributed by atoms with E-state index in [0.29, 0.717) is 22.1 Å². The Labute approximate surface area is 93.3 Å². The first-order chi connectivity index (χ1) is 7.22. The number of rotatable bonds is 5. The SMILES string of the molecule is COCOc1c(Cl)cc(CO)cc1OC. The predicted octanol–water partition coefficient (Wildman–Crippen LogP) is 1.82. The minimum atomic E-state index is -0.0966. The highest BCUT2D eigenvalue weighted by atomic mass is 35.5. The Morgan fingerprint density at radius 1 is 1.33 bits per heavy atom. The van der Waals surface area contributed by atoms with Crippen molar-refractivity contribution >= 4 is 11.6 Å². The standard InChI is InChI=1S/C10H13ClO4/c1-13-6-15-10-8(11)3-7(5-12)4-9(10)14-2/h3-4,12H,5-6H2,1-2H3. The summed E-state index contributed by atoms with van der Waals surface area (Å²) in [4.78, 5) is 0. The molecular formula is C10H13ClO4. The normalized spacial score (nSPS) is 10.1. The summed E-state index contributed by atoms with van der Waals surface area (Å²) in [5.41, 5.74) is 0.668. The lowest BCUT2D eigenvalue weighted by atomic mass is 10.2. The minimum Gasteiger partial charge on any atom is -0.493 e. The van der Waals surface area contributed by atoms with E-state index in [9.17, 15) is 0 Å². The van der Waals surface area contributed by atoms with Crippen LogP contribution in [0.4, 0.5) is 0 Å². The van der Waals surface area contributed by atoms with E-state index in [1.807, 2.05) is 0 Å². The van der Waals surface area contributed by atoms with E-state index in [1.54, 1.807) is 12.1 Å². The zero-order valence-corrected chi connectivity index (χ0v) is 9.37. The molecule has 0 spiro atoms. The van der Waals surface area contributed by atoms with Crippen molar-refractivity contribution in [1.29, 1.82) is 0 Å². The van der Waals surface area contributed by atoms with Crippen molar-refractivity contribution in [2.24, 2.45) is 0 Å². The maximum atomic E-state index is 8.97. The highest BCUT2D eigenvalue weighted by Gasteiger charge is 2.11. The molecule has 1 aromatic rings. The van der Waals surface area contributed by atoms with Gasteiger partial charge in [-0.25, -0.2) is 0 Å². The predicted molar refractivity (Wildman–Crippen MR) is 56.4 cm³/mol. The largest absolute Gasteiger partial charge is 0.493 e. The molecule has 1 rings (SSSR count). The van der Waals surface area contributed by atoms with Crippen LogP contribution in [0.15, 0.2) is 12.1 Å². The molecule has 0 atom stereocenters. The van der Waals surface area contributed by atoms with E-state index in [0.717, 1.165) is 0 Å². The van der Waals surface area contributed by atoms with E-state index in [4.69, 9.17) is 30.9 Å².